The van der Waals surface area contributed by atoms with E-state index in [4.69, 9.17) is 10.4 Å². The molecule has 3 aromatic heterocycles. The summed E-state index contributed by atoms with van der Waals surface area (Å²) in [7, 11) is 0. The minimum absolute atomic E-state index is 0.135. The molecule has 5 N–H and O–H groups in total. The van der Waals surface area contributed by atoms with Crippen molar-refractivity contribution >= 4 is 28.9 Å². The first kappa shape index (κ1) is 27.0. The van der Waals surface area contributed by atoms with Crippen molar-refractivity contribution in [1.82, 2.24) is 25.2 Å². The highest BCUT2D eigenvalue weighted by Crippen LogP contribution is 2.28. The first-order valence-electron chi connectivity index (χ1n) is 11.9. The molecule has 0 aliphatic carbocycles. The number of aliphatic hydroxyl groups is 1. The van der Waals surface area contributed by atoms with Crippen LogP contribution in [0.25, 0.3) is 16.9 Å². The van der Waals surface area contributed by atoms with Gasteiger partial charge in [-0.1, -0.05) is 12.1 Å². The van der Waals surface area contributed by atoms with Crippen LogP contribution in [-0.2, 0) is 6.54 Å². The fourth-order valence-electron chi connectivity index (χ4n) is 3.70. The third-order valence-corrected chi connectivity index (χ3v) is 5.93. The third kappa shape index (κ3) is 6.46. The first-order valence-corrected chi connectivity index (χ1v) is 11.9. The number of carbonyl (C=O) groups excluding carboxylic acids is 1. The number of carbonyl (C=O) groups is 2. The van der Waals surface area contributed by atoms with E-state index in [1.165, 1.54) is 26.2 Å². The Hall–Kier alpha value is -5.02. The minimum Gasteiger partial charge on any atom is -0.465 e. The van der Waals surface area contributed by atoms with Gasteiger partial charge in [-0.2, -0.15) is 10.4 Å². The van der Waals surface area contributed by atoms with E-state index in [1.54, 1.807) is 53.0 Å². The maximum atomic E-state index is 14.3. The van der Waals surface area contributed by atoms with Crippen LogP contribution in [0.3, 0.4) is 0 Å². The molecule has 0 fully saturated rings. The summed E-state index contributed by atoms with van der Waals surface area (Å²) in [5, 5.41) is 40.1. The summed E-state index contributed by atoms with van der Waals surface area (Å²) in [6.45, 7) is 2.37. The Morgan fingerprint density at radius 2 is 1.87 bits per heavy atom. The molecule has 1 atom stereocenters. The molecule has 0 aliphatic rings. The summed E-state index contributed by atoms with van der Waals surface area (Å²) >= 11 is 0. The first-order chi connectivity index (χ1) is 18.5. The zero-order chi connectivity index (χ0) is 28.2. The molecule has 0 aliphatic heterocycles. The lowest BCUT2D eigenvalue weighted by Crippen LogP contribution is -2.42. The molecule has 0 bridgehead atoms. The lowest BCUT2D eigenvalue weighted by Gasteiger charge is -2.22. The summed E-state index contributed by atoms with van der Waals surface area (Å²) in [4.78, 5) is 28.2. The Bertz CT molecular complexity index is 1560. The maximum absolute atomic E-state index is 14.3. The largest absolute Gasteiger partial charge is 0.465 e. The molecular weight excluding hydrogens is 505 g/mol. The van der Waals surface area contributed by atoms with Gasteiger partial charge in [-0.25, -0.2) is 13.7 Å². The number of rotatable bonds is 9. The van der Waals surface area contributed by atoms with Crippen molar-refractivity contribution in [2.24, 2.45) is 0 Å². The van der Waals surface area contributed by atoms with Crippen molar-refractivity contribution in [3.8, 4) is 17.5 Å². The molecule has 4 aromatic rings. The number of benzene rings is 1. The van der Waals surface area contributed by atoms with Crippen molar-refractivity contribution in [2.75, 3.05) is 11.9 Å². The Labute approximate surface area is 222 Å². The quantitative estimate of drug-likeness (QED) is 0.218. The normalized spacial score (nSPS) is 12.0. The summed E-state index contributed by atoms with van der Waals surface area (Å²) in [6, 6.07) is 15.9. The van der Waals surface area contributed by atoms with E-state index in [0.717, 1.165) is 5.56 Å². The molecule has 1 unspecified atom stereocenters. The standard InChI is InChI=1S/C27H26FN7O4/c1-27(2,39)24(28)15-31-25(36)20-14-30-22(23-8-7-19-9-17(11-29)13-33-35(19)23)10-21(20)34-18-5-3-16(4-6-18)12-32-26(37)38/h3-10,13-14,24,32,39H,12,15H2,1-2H3,(H,30,34)(H,31,36)(H,37,38). The number of carboxylic acid groups (broad SMARTS) is 1. The molecule has 2 amide bonds. The number of halogens is 1. The van der Waals surface area contributed by atoms with E-state index in [9.17, 15) is 19.1 Å². The van der Waals surface area contributed by atoms with Crippen LogP contribution in [-0.4, -0.2) is 55.1 Å². The van der Waals surface area contributed by atoms with Crippen LogP contribution in [0.5, 0.6) is 0 Å². The summed E-state index contributed by atoms with van der Waals surface area (Å²) in [6.07, 6.45) is -0.0192. The number of anilines is 2. The summed E-state index contributed by atoms with van der Waals surface area (Å²) in [5.74, 6) is -0.595. The molecule has 11 nitrogen and oxygen atoms in total. The minimum atomic E-state index is -1.69. The Morgan fingerprint density at radius 3 is 2.54 bits per heavy atom. The van der Waals surface area contributed by atoms with E-state index in [1.807, 2.05) is 6.07 Å². The number of hydrogen-bond acceptors (Lipinski definition) is 7. The molecule has 1 aromatic carbocycles. The number of pyridine rings is 1. The predicted molar refractivity (Wildman–Crippen MR) is 141 cm³/mol. The Balaban J connectivity index is 1.67. The number of aromatic nitrogens is 3. The molecule has 0 saturated heterocycles. The second kappa shape index (κ2) is 11.2. The SMILES string of the molecule is CC(C)(O)C(F)CNC(=O)c1cnc(-c2ccc3cc(C#N)cnn23)cc1Nc1ccc(CNC(=O)O)cc1. The van der Waals surface area contributed by atoms with Crippen LogP contribution >= 0.6 is 0 Å². The Morgan fingerprint density at radius 1 is 1.13 bits per heavy atom. The second-order valence-electron chi connectivity index (χ2n) is 9.34. The summed E-state index contributed by atoms with van der Waals surface area (Å²) < 4.78 is 15.9. The zero-order valence-electron chi connectivity index (χ0n) is 21.1. The van der Waals surface area contributed by atoms with Gasteiger partial charge in [0, 0.05) is 18.4 Å². The van der Waals surface area contributed by atoms with Crippen molar-refractivity contribution < 1.29 is 24.2 Å². The van der Waals surface area contributed by atoms with Gasteiger partial charge < -0.3 is 26.2 Å². The van der Waals surface area contributed by atoms with Crippen LogP contribution < -0.4 is 16.0 Å². The third-order valence-electron chi connectivity index (χ3n) is 5.93. The second-order valence-corrected chi connectivity index (χ2v) is 9.34. The van der Waals surface area contributed by atoms with Crippen molar-refractivity contribution in [3.05, 3.63) is 77.6 Å². The number of nitrogens with one attached hydrogen (secondary N) is 3. The zero-order valence-corrected chi connectivity index (χ0v) is 21.1. The van der Waals surface area contributed by atoms with Gasteiger partial charge in [-0.15, -0.1) is 0 Å². The molecule has 12 heteroatoms. The predicted octanol–water partition coefficient (Wildman–Crippen LogP) is 3.62. The number of fused-ring (bicyclic) bond motifs is 1. The molecule has 4 rings (SSSR count). The molecule has 3 heterocycles. The molecule has 0 radical (unpaired) electrons. The molecular formula is C27H26FN7O4. The van der Waals surface area contributed by atoms with Gasteiger partial charge >= 0.3 is 6.09 Å². The van der Waals surface area contributed by atoms with Crippen molar-refractivity contribution in [1.29, 1.82) is 5.26 Å². The average Bonchev–Trinajstić information content (AvgIpc) is 3.33. The number of amides is 2. The number of nitrogens with zero attached hydrogens (tertiary/aromatic N) is 4. The van der Waals surface area contributed by atoms with Crippen LogP contribution in [0, 0.1) is 11.3 Å². The highest BCUT2D eigenvalue weighted by atomic mass is 19.1. The fraction of sp³-hybridized carbons (Fsp3) is 0.222. The fourth-order valence-corrected chi connectivity index (χ4v) is 3.70. The van der Waals surface area contributed by atoms with Gasteiger partial charge in [0.2, 0.25) is 0 Å². The van der Waals surface area contributed by atoms with Crippen LogP contribution in [0.1, 0.15) is 35.3 Å². The Kier molecular flexibility index (Phi) is 7.73. The molecule has 0 spiro atoms. The van der Waals surface area contributed by atoms with Crippen molar-refractivity contribution in [2.45, 2.75) is 32.2 Å². The van der Waals surface area contributed by atoms with Gasteiger partial charge in [-0.3, -0.25) is 9.78 Å². The number of alkyl halides is 1. The lowest BCUT2D eigenvalue weighted by atomic mass is 10.0. The smallest absolute Gasteiger partial charge is 0.404 e. The average molecular weight is 532 g/mol. The highest BCUT2D eigenvalue weighted by Gasteiger charge is 2.27. The van der Waals surface area contributed by atoms with Crippen LogP contribution in [0.15, 0.2) is 60.9 Å². The van der Waals surface area contributed by atoms with Gasteiger partial charge in [0.25, 0.3) is 5.91 Å². The monoisotopic (exact) mass is 531 g/mol. The van der Waals surface area contributed by atoms with E-state index >= 15 is 0 Å². The lowest BCUT2D eigenvalue weighted by molar-refractivity contribution is -0.00177. The van der Waals surface area contributed by atoms with E-state index in [0.29, 0.717) is 33.8 Å². The molecule has 39 heavy (non-hydrogen) atoms. The van der Waals surface area contributed by atoms with E-state index in [2.05, 4.69) is 26.0 Å². The van der Waals surface area contributed by atoms with Crippen LogP contribution in [0.4, 0.5) is 20.6 Å². The topological polar surface area (TPSA) is 165 Å². The highest BCUT2D eigenvalue weighted by molar-refractivity contribution is 6.00. The van der Waals surface area contributed by atoms with Gasteiger partial charge in [0.15, 0.2) is 0 Å². The molecule has 200 valence electrons. The number of hydrogen-bond donors (Lipinski definition) is 5. The summed E-state index contributed by atoms with van der Waals surface area (Å²) in [5.41, 5.74) is 2.43. The maximum Gasteiger partial charge on any atom is 0.404 e. The van der Waals surface area contributed by atoms with Gasteiger partial charge in [0.1, 0.15) is 12.2 Å². The van der Waals surface area contributed by atoms with E-state index in [-0.39, 0.29) is 12.1 Å². The van der Waals surface area contributed by atoms with E-state index < -0.39 is 30.3 Å². The van der Waals surface area contributed by atoms with Crippen molar-refractivity contribution in [3.63, 3.8) is 0 Å². The van der Waals surface area contributed by atoms with Gasteiger partial charge in [-0.05, 0) is 55.8 Å². The number of nitriles is 1. The van der Waals surface area contributed by atoms with Crippen LogP contribution in [0.2, 0.25) is 0 Å². The molecule has 0 saturated carbocycles. The van der Waals surface area contributed by atoms with Gasteiger partial charge in [0.05, 0.1) is 52.1 Å².